The summed E-state index contributed by atoms with van der Waals surface area (Å²) in [6, 6.07) is 0. The maximum absolute atomic E-state index is 10.3. The number of aliphatic hydroxyl groups excluding tert-OH is 1. The fourth-order valence-corrected chi connectivity index (χ4v) is 2.66. The van der Waals surface area contributed by atoms with Crippen LogP contribution in [0.15, 0.2) is 21.6 Å². The van der Waals surface area contributed by atoms with Gasteiger partial charge in [-0.05, 0) is 36.7 Å². The van der Waals surface area contributed by atoms with Crippen LogP contribution in [0, 0.1) is 0 Å². The molecule has 0 aliphatic heterocycles. The molecule has 0 aromatic rings. The number of rotatable bonds is 11. The fraction of sp³-hybridized carbons (Fsp3) is 0.778. The Balaban J connectivity index is 0.000000555. The molecule has 1 rings (SSSR count). The molecule has 0 radical (unpaired) electrons. The summed E-state index contributed by atoms with van der Waals surface area (Å²) in [5.41, 5.74) is 0.439. The van der Waals surface area contributed by atoms with E-state index in [0.717, 1.165) is 0 Å². The molecule has 1 aliphatic carbocycles. The Hall–Kier alpha value is -0.760. The van der Waals surface area contributed by atoms with Crippen LogP contribution in [-0.4, -0.2) is 83.8 Å². The third-order valence-corrected chi connectivity index (χ3v) is 5.19. The lowest BCUT2D eigenvalue weighted by Gasteiger charge is -2.38. The van der Waals surface area contributed by atoms with E-state index in [0.29, 0.717) is 10.1 Å². The van der Waals surface area contributed by atoms with Gasteiger partial charge in [0.1, 0.15) is 0 Å². The average Bonchev–Trinajstić information content (AvgIpc) is 2.74. The molecule has 4 unspecified atom stereocenters. The monoisotopic (exact) mass is 488 g/mol. The van der Waals surface area contributed by atoms with Crippen LogP contribution >= 0.6 is 15.9 Å². The molecule has 29 heavy (non-hydrogen) atoms. The van der Waals surface area contributed by atoms with Gasteiger partial charge in [0, 0.05) is 34.0 Å². The predicted octanol–water partition coefficient (Wildman–Crippen LogP) is 2.37. The molecule has 0 fully saturated rings. The predicted molar refractivity (Wildman–Crippen MR) is 107 cm³/mol. The Morgan fingerprint density at radius 2 is 1.48 bits per heavy atom. The summed E-state index contributed by atoms with van der Waals surface area (Å²) in [6.07, 6.45) is -1.46. The van der Waals surface area contributed by atoms with Gasteiger partial charge in [-0.3, -0.25) is 0 Å². The Morgan fingerprint density at radius 1 is 1.00 bits per heavy atom. The third-order valence-electron chi connectivity index (χ3n) is 4.03. The molecule has 0 heterocycles. The summed E-state index contributed by atoms with van der Waals surface area (Å²) in [7, 11) is 7.25. The topological polar surface area (TPSA) is 114 Å². The zero-order valence-electron chi connectivity index (χ0n) is 18.2. The Morgan fingerprint density at radius 3 is 1.83 bits per heavy atom. The molecule has 2 N–H and O–H groups in total. The van der Waals surface area contributed by atoms with Gasteiger partial charge >= 0.3 is 0 Å². The summed E-state index contributed by atoms with van der Waals surface area (Å²) >= 11 is 3.19. The van der Waals surface area contributed by atoms with Crippen molar-refractivity contribution < 1.29 is 48.1 Å². The number of ether oxygens (including phenoxy) is 8. The van der Waals surface area contributed by atoms with Crippen molar-refractivity contribution in [3.8, 4) is 0 Å². The Kier molecular flexibility index (Phi) is 13.9. The van der Waals surface area contributed by atoms with E-state index in [1.807, 2.05) is 0 Å². The van der Waals surface area contributed by atoms with Crippen molar-refractivity contribution in [2.75, 3.05) is 49.1 Å². The van der Waals surface area contributed by atoms with Gasteiger partial charge in [-0.2, -0.15) is 0 Å². The molecule has 4 atom stereocenters. The van der Waals surface area contributed by atoms with Crippen LogP contribution in [0.25, 0.3) is 0 Å². The smallest absolute Gasteiger partial charge is 0.234 e. The van der Waals surface area contributed by atoms with Gasteiger partial charge in [0.15, 0.2) is 43.8 Å². The van der Waals surface area contributed by atoms with Crippen LogP contribution in [-0.2, 0) is 37.9 Å². The van der Waals surface area contributed by atoms with Crippen LogP contribution in [0.5, 0.6) is 0 Å². The maximum Gasteiger partial charge on any atom is 0.234 e. The number of halogens is 1. The van der Waals surface area contributed by atoms with E-state index in [4.69, 9.17) is 37.9 Å². The molecule has 0 spiro atoms. The first-order valence-corrected chi connectivity index (χ1v) is 9.44. The van der Waals surface area contributed by atoms with Crippen LogP contribution in [0.2, 0.25) is 0 Å². The quantitative estimate of drug-likeness (QED) is 0.331. The minimum Gasteiger partial charge on any atom is -0.504 e. The van der Waals surface area contributed by atoms with E-state index < -0.39 is 11.9 Å². The zero-order valence-corrected chi connectivity index (χ0v) is 19.8. The van der Waals surface area contributed by atoms with Crippen LogP contribution in [0.4, 0.5) is 0 Å². The fourth-order valence-electron chi connectivity index (χ4n) is 2.10. The van der Waals surface area contributed by atoms with Gasteiger partial charge in [0.25, 0.3) is 0 Å². The summed E-state index contributed by atoms with van der Waals surface area (Å²) in [6.45, 7) is 5.48. The lowest BCUT2D eigenvalue weighted by Crippen LogP contribution is -2.49. The van der Waals surface area contributed by atoms with E-state index in [1.54, 1.807) is 35.0 Å². The summed E-state index contributed by atoms with van der Waals surface area (Å²) in [5, 5.41) is 20.2. The first-order chi connectivity index (χ1) is 13.6. The molecule has 0 aromatic carbocycles. The van der Waals surface area contributed by atoms with Crippen molar-refractivity contribution in [2.45, 2.75) is 45.2 Å². The molecule has 0 aromatic heterocycles. The molecule has 10 nitrogen and oxygen atoms in total. The number of aliphatic hydroxyl groups is 2. The highest BCUT2D eigenvalue weighted by molar-refractivity contribution is 9.11. The lowest BCUT2D eigenvalue weighted by atomic mass is 9.96. The number of allylic oxidation sites excluding steroid dienone is 1. The second-order valence-corrected chi connectivity index (χ2v) is 6.55. The van der Waals surface area contributed by atoms with E-state index in [9.17, 15) is 10.2 Å². The molecule has 172 valence electrons. The average molecular weight is 489 g/mol. The Labute approximate surface area is 180 Å². The minimum atomic E-state index is -1.70. The number of methoxy groups -OCH3 is 5. The molecule has 1 aliphatic rings. The van der Waals surface area contributed by atoms with Crippen molar-refractivity contribution in [1.82, 2.24) is 0 Å². The van der Waals surface area contributed by atoms with Crippen LogP contribution in [0.1, 0.15) is 20.8 Å². The van der Waals surface area contributed by atoms with Crippen molar-refractivity contribution in [3.63, 3.8) is 0 Å². The van der Waals surface area contributed by atoms with Crippen LogP contribution in [0.3, 0.4) is 0 Å². The Bertz CT molecular complexity index is 525. The molecule has 11 heteroatoms. The molecule has 0 saturated heterocycles. The first kappa shape index (κ1) is 28.2. The molecule has 0 amide bonds. The van der Waals surface area contributed by atoms with Gasteiger partial charge < -0.3 is 48.1 Å². The number of hydrogen-bond acceptors (Lipinski definition) is 10. The molecule has 0 bridgehead atoms. The standard InChI is InChI=1S/C10H15BrO5.C8H18O5/c1-5-6(12)7(14-2)9(15-3)10(13,16-4)8(5)11;1-7(9-3)12-5-11-6-13-8(2)10-4/h9,12-13H,1-4H3;7-8H,5-6H2,1-4H3. The molecular formula is C18H33BrO10. The first-order valence-electron chi connectivity index (χ1n) is 8.65. The second kappa shape index (κ2) is 14.3. The van der Waals surface area contributed by atoms with Gasteiger partial charge in [-0.15, -0.1) is 0 Å². The number of hydrogen-bond donors (Lipinski definition) is 2. The largest absolute Gasteiger partial charge is 0.504 e. The van der Waals surface area contributed by atoms with Gasteiger partial charge in [-0.25, -0.2) is 0 Å². The van der Waals surface area contributed by atoms with Crippen molar-refractivity contribution in [1.29, 1.82) is 0 Å². The summed E-state index contributed by atoms with van der Waals surface area (Å²) in [4.78, 5) is 0. The highest BCUT2D eigenvalue weighted by atomic mass is 79.9. The third kappa shape index (κ3) is 8.12. The molecule has 0 saturated carbocycles. The lowest BCUT2D eigenvalue weighted by molar-refractivity contribution is -0.230. The van der Waals surface area contributed by atoms with E-state index in [2.05, 4.69) is 15.9 Å². The van der Waals surface area contributed by atoms with Gasteiger partial charge in [-0.1, -0.05) is 0 Å². The van der Waals surface area contributed by atoms with E-state index in [1.165, 1.54) is 21.3 Å². The van der Waals surface area contributed by atoms with Gasteiger partial charge in [0.2, 0.25) is 5.79 Å². The summed E-state index contributed by atoms with van der Waals surface area (Å²) < 4.78 is 40.2. The maximum atomic E-state index is 10.3. The normalized spacial score (nSPS) is 24.1. The van der Waals surface area contributed by atoms with Crippen molar-refractivity contribution >= 4 is 15.9 Å². The second-order valence-electron chi connectivity index (χ2n) is 5.75. The van der Waals surface area contributed by atoms with Crippen molar-refractivity contribution in [3.05, 3.63) is 21.6 Å². The highest BCUT2D eigenvalue weighted by Crippen LogP contribution is 2.41. The highest BCUT2D eigenvalue weighted by Gasteiger charge is 2.49. The van der Waals surface area contributed by atoms with E-state index >= 15 is 0 Å². The minimum absolute atomic E-state index is 0.0667. The van der Waals surface area contributed by atoms with Crippen molar-refractivity contribution in [2.24, 2.45) is 0 Å². The van der Waals surface area contributed by atoms with Gasteiger partial charge in [0.05, 0.1) is 11.6 Å². The van der Waals surface area contributed by atoms with Crippen LogP contribution < -0.4 is 0 Å². The molecular weight excluding hydrogens is 456 g/mol. The SMILES string of the molecule is COC(C)OCOCOC(C)OC.COC1=C(O)C(C)=C(Br)C(O)(OC)C1OC. The summed E-state index contributed by atoms with van der Waals surface area (Å²) in [5.74, 6) is -1.63. The van der Waals surface area contributed by atoms with E-state index in [-0.39, 0.29) is 37.7 Å². The zero-order chi connectivity index (χ0) is 22.6.